The summed E-state index contributed by atoms with van der Waals surface area (Å²) >= 11 is 4.44. The third-order valence-electron chi connectivity index (χ3n) is 5.24. The second-order valence-electron chi connectivity index (χ2n) is 6.96. The van der Waals surface area contributed by atoms with Gasteiger partial charge in [0.05, 0.1) is 8.68 Å². The molecule has 6 nitrogen and oxygen atoms in total. The Hall–Kier alpha value is -0.780. The van der Waals surface area contributed by atoms with Crippen LogP contribution >= 0.6 is 27.3 Å². The molecule has 0 unspecified atom stereocenters. The van der Waals surface area contributed by atoms with Crippen LogP contribution in [0.4, 0.5) is 0 Å². The molecule has 0 saturated carbocycles. The fourth-order valence-electron chi connectivity index (χ4n) is 3.41. The van der Waals surface area contributed by atoms with Gasteiger partial charge in [-0.15, -0.1) is 11.3 Å². The molecule has 0 bridgehead atoms. The number of halogens is 1. The van der Waals surface area contributed by atoms with Crippen LogP contribution in [0.3, 0.4) is 0 Å². The molecule has 2 heterocycles. The average Bonchev–Trinajstić information content (AvgIpc) is 3.07. The van der Waals surface area contributed by atoms with E-state index in [4.69, 9.17) is 0 Å². The number of thiophene rings is 1. The van der Waals surface area contributed by atoms with Crippen molar-refractivity contribution in [2.75, 3.05) is 26.2 Å². The van der Waals surface area contributed by atoms with Gasteiger partial charge in [0.25, 0.3) is 10.0 Å². The minimum absolute atomic E-state index is 0.139. The Morgan fingerprint density at radius 2 is 1.29 bits per heavy atom. The fourth-order valence-corrected chi connectivity index (χ4v) is 9.00. The number of piperazine rings is 1. The number of nitrogens with zero attached hydrogens (tertiary/aromatic N) is 2. The topological polar surface area (TPSA) is 74.8 Å². The van der Waals surface area contributed by atoms with E-state index in [2.05, 4.69) is 15.9 Å². The molecular formula is C18H23BrN2O4S3. The molecule has 1 aromatic heterocycles. The summed E-state index contributed by atoms with van der Waals surface area (Å²) in [6, 6.07) is 5.26. The van der Waals surface area contributed by atoms with Crippen molar-refractivity contribution in [2.45, 2.75) is 36.8 Å². The zero-order valence-corrected chi connectivity index (χ0v) is 20.2. The summed E-state index contributed by atoms with van der Waals surface area (Å²) < 4.78 is 55.9. The highest BCUT2D eigenvalue weighted by Crippen LogP contribution is 2.31. The first-order chi connectivity index (χ1) is 13.0. The van der Waals surface area contributed by atoms with Gasteiger partial charge in [-0.05, 0) is 78.0 Å². The van der Waals surface area contributed by atoms with Gasteiger partial charge in [-0.25, -0.2) is 16.8 Å². The Bertz CT molecular complexity index is 1090. The van der Waals surface area contributed by atoms with Crippen LogP contribution in [0, 0.1) is 27.7 Å². The first-order valence-corrected chi connectivity index (χ1v) is 13.3. The lowest BCUT2D eigenvalue weighted by Gasteiger charge is -2.33. The Morgan fingerprint density at radius 1 is 0.821 bits per heavy atom. The molecule has 1 aliphatic heterocycles. The van der Waals surface area contributed by atoms with Crippen LogP contribution in [0.2, 0.25) is 0 Å². The van der Waals surface area contributed by atoms with Gasteiger partial charge in [-0.1, -0.05) is 6.07 Å². The first-order valence-electron chi connectivity index (χ1n) is 8.79. The predicted octanol–water partition coefficient (Wildman–Crippen LogP) is 3.44. The van der Waals surface area contributed by atoms with E-state index in [1.807, 2.05) is 33.8 Å². The van der Waals surface area contributed by atoms with Gasteiger partial charge in [0, 0.05) is 26.2 Å². The third-order valence-corrected chi connectivity index (χ3v) is 11.4. The van der Waals surface area contributed by atoms with Crippen LogP contribution in [0.25, 0.3) is 0 Å². The van der Waals surface area contributed by atoms with E-state index in [9.17, 15) is 16.8 Å². The van der Waals surface area contributed by atoms with Gasteiger partial charge in [0.15, 0.2) is 0 Å². The van der Waals surface area contributed by atoms with Crippen LogP contribution in [0.1, 0.15) is 22.3 Å². The summed E-state index contributed by atoms with van der Waals surface area (Å²) in [6.45, 7) is 8.02. The largest absolute Gasteiger partial charge is 0.252 e. The van der Waals surface area contributed by atoms with Gasteiger partial charge < -0.3 is 0 Å². The van der Waals surface area contributed by atoms with Crippen LogP contribution in [-0.4, -0.2) is 51.6 Å². The number of rotatable bonds is 4. The average molecular weight is 507 g/mol. The van der Waals surface area contributed by atoms with Crippen molar-refractivity contribution < 1.29 is 16.8 Å². The molecule has 28 heavy (non-hydrogen) atoms. The lowest BCUT2D eigenvalue weighted by Crippen LogP contribution is -2.50. The number of hydrogen-bond donors (Lipinski definition) is 0. The van der Waals surface area contributed by atoms with Crippen molar-refractivity contribution in [2.24, 2.45) is 0 Å². The molecule has 1 aromatic carbocycles. The molecular weight excluding hydrogens is 484 g/mol. The van der Waals surface area contributed by atoms with Crippen molar-refractivity contribution in [1.82, 2.24) is 8.61 Å². The quantitative estimate of drug-likeness (QED) is 0.636. The molecule has 10 heteroatoms. The highest BCUT2D eigenvalue weighted by atomic mass is 79.9. The molecule has 0 spiro atoms. The fraction of sp³-hybridized carbons (Fsp3) is 0.444. The van der Waals surface area contributed by atoms with E-state index in [0.29, 0.717) is 4.90 Å². The highest BCUT2D eigenvalue weighted by molar-refractivity contribution is 9.11. The van der Waals surface area contributed by atoms with Gasteiger partial charge in [-0.3, -0.25) is 0 Å². The van der Waals surface area contributed by atoms with Crippen LogP contribution in [0.15, 0.2) is 31.1 Å². The SMILES string of the molecule is Cc1cc(C)c(C)c(S(=O)(=O)N2CCN(S(=O)(=O)c3ccc(Br)s3)CC2)c1C. The van der Waals surface area contributed by atoms with Crippen molar-refractivity contribution in [3.8, 4) is 0 Å². The molecule has 0 aliphatic carbocycles. The van der Waals surface area contributed by atoms with Gasteiger partial charge >= 0.3 is 0 Å². The number of hydrogen-bond acceptors (Lipinski definition) is 5. The zero-order chi connectivity index (χ0) is 20.9. The van der Waals surface area contributed by atoms with Crippen molar-refractivity contribution >= 4 is 47.3 Å². The van der Waals surface area contributed by atoms with Crippen LogP contribution in [-0.2, 0) is 20.0 Å². The predicted molar refractivity (Wildman–Crippen MR) is 115 cm³/mol. The summed E-state index contributed by atoms with van der Waals surface area (Å²) in [7, 11) is -7.30. The molecule has 154 valence electrons. The third kappa shape index (κ3) is 3.82. The van der Waals surface area contributed by atoms with Crippen molar-refractivity contribution in [1.29, 1.82) is 0 Å². The Labute approximate surface area is 179 Å². The molecule has 3 rings (SSSR count). The smallest absolute Gasteiger partial charge is 0.207 e. The minimum atomic E-state index is -3.69. The maximum atomic E-state index is 13.3. The molecule has 0 N–H and O–H groups in total. The summed E-state index contributed by atoms with van der Waals surface area (Å²) in [5.74, 6) is 0. The monoisotopic (exact) mass is 506 g/mol. The maximum Gasteiger partial charge on any atom is 0.252 e. The maximum absolute atomic E-state index is 13.3. The first kappa shape index (κ1) is 21.9. The molecule has 2 aromatic rings. The van der Waals surface area contributed by atoms with E-state index < -0.39 is 20.0 Å². The Kier molecular flexibility index (Phi) is 6.11. The lowest BCUT2D eigenvalue weighted by molar-refractivity contribution is 0.273. The van der Waals surface area contributed by atoms with E-state index in [0.717, 1.165) is 37.4 Å². The summed E-state index contributed by atoms with van der Waals surface area (Å²) in [5, 5.41) is 0. The van der Waals surface area contributed by atoms with E-state index >= 15 is 0 Å². The van der Waals surface area contributed by atoms with Crippen LogP contribution in [0.5, 0.6) is 0 Å². The van der Waals surface area contributed by atoms with Crippen molar-refractivity contribution in [3.05, 3.63) is 44.2 Å². The molecule has 1 fully saturated rings. The molecule has 1 saturated heterocycles. The molecule has 1 aliphatic rings. The highest BCUT2D eigenvalue weighted by Gasteiger charge is 2.35. The molecule has 0 amide bonds. The normalized spacial score (nSPS) is 17.2. The molecule has 0 radical (unpaired) electrons. The summed E-state index contributed by atoms with van der Waals surface area (Å²) in [5.41, 5.74) is 3.38. The number of aryl methyl sites for hydroxylation is 2. The Balaban J connectivity index is 1.86. The van der Waals surface area contributed by atoms with Gasteiger partial charge in [-0.2, -0.15) is 8.61 Å². The van der Waals surface area contributed by atoms with Crippen molar-refractivity contribution in [3.63, 3.8) is 0 Å². The summed E-state index contributed by atoms with van der Waals surface area (Å²) in [6.07, 6.45) is 0. The minimum Gasteiger partial charge on any atom is -0.207 e. The van der Waals surface area contributed by atoms with Crippen LogP contribution < -0.4 is 0 Å². The van der Waals surface area contributed by atoms with E-state index in [1.165, 1.54) is 8.61 Å². The summed E-state index contributed by atoms with van der Waals surface area (Å²) in [4.78, 5) is 0.350. The lowest BCUT2D eigenvalue weighted by atomic mass is 10.0. The van der Waals surface area contributed by atoms with E-state index in [1.54, 1.807) is 12.1 Å². The standard InChI is InChI=1S/C18H23BrN2O4S3/c1-12-11-13(2)15(4)18(14(12)3)28(24,25)21-9-7-20(8-10-21)27(22,23)17-6-5-16(19)26-17/h5-6,11H,7-10H2,1-4H3. The number of sulfonamides is 2. The number of benzene rings is 1. The van der Waals surface area contributed by atoms with Gasteiger partial charge in [0.2, 0.25) is 10.0 Å². The van der Waals surface area contributed by atoms with Gasteiger partial charge in [0.1, 0.15) is 4.21 Å². The van der Waals surface area contributed by atoms with E-state index in [-0.39, 0.29) is 30.4 Å². The second-order valence-corrected chi connectivity index (χ2v) is 13.5. The zero-order valence-electron chi connectivity index (χ0n) is 16.2. The Morgan fingerprint density at radius 3 is 1.71 bits per heavy atom. The second kappa shape index (κ2) is 7.81. The molecule has 0 atom stereocenters.